The van der Waals surface area contributed by atoms with Crippen molar-refractivity contribution >= 4 is 17.4 Å². The molecule has 0 fully saturated rings. The molecule has 0 bridgehead atoms. The molecule has 4 heteroatoms. The number of hydrogen-bond donors (Lipinski definition) is 2. The van der Waals surface area contributed by atoms with Gasteiger partial charge in [-0.1, -0.05) is 17.7 Å². The number of Topliss-reactive ketones (excluding diaryl/α,β-unsaturated/α-hetero) is 1. The van der Waals surface area contributed by atoms with Crippen LogP contribution in [0.3, 0.4) is 0 Å². The maximum atomic E-state index is 11.4. The molecule has 0 spiro atoms. The minimum Gasteiger partial charge on any atom is -0.507 e. The predicted molar refractivity (Wildman–Crippen MR) is 51.4 cm³/mol. The molecular formula is C9H10ClNO2. The second kappa shape index (κ2) is 4.25. The first-order chi connectivity index (χ1) is 6.16. The third-order valence-electron chi connectivity index (χ3n) is 1.61. The van der Waals surface area contributed by atoms with Crippen molar-refractivity contribution in [3.8, 4) is 5.75 Å². The second-order valence-electron chi connectivity index (χ2n) is 2.59. The van der Waals surface area contributed by atoms with Gasteiger partial charge in [-0.15, -0.1) is 0 Å². The Hall–Kier alpha value is -1.06. The van der Waals surface area contributed by atoms with E-state index in [1.165, 1.54) is 6.07 Å². The van der Waals surface area contributed by atoms with E-state index in [0.717, 1.165) is 0 Å². The summed E-state index contributed by atoms with van der Waals surface area (Å²) in [5, 5.41) is 12.3. The van der Waals surface area contributed by atoms with Crippen LogP contribution in [0.1, 0.15) is 10.4 Å². The molecule has 0 unspecified atom stereocenters. The van der Waals surface area contributed by atoms with Gasteiger partial charge in [-0.3, -0.25) is 4.79 Å². The summed E-state index contributed by atoms with van der Waals surface area (Å²) < 4.78 is 0. The molecule has 1 aromatic carbocycles. The van der Waals surface area contributed by atoms with Gasteiger partial charge in [0.15, 0.2) is 5.78 Å². The van der Waals surface area contributed by atoms with Gasteiger partial charge in [-0.25, -0.2) is 0 Å². The number of ketones is 1. The molecule has 2 N–H and O–H groups in total. The Morgan fingerprint density at radius 3 is 2.85 bits per heavy atom. The van der Waals surface area contributed by atoms with Crippen LogP contribution in [0.2, 0.25) is 5.02 Å². The first-order valence-corrected chi connectivity index (χ1v) is 4.20. The average molecular weight is 200 g/mol. The van der Waals surface area contributed by atoms with E-state index >= 15 is 0 Å². The maximum Gasteiger partial charge on any atom is 0.181 e. The van der Waals surface area contributed by atoms with Gasteiger partial charge in [0.25, 0.3) is 0 Å². The first kappa shape index (κ1) is 10.0. The van der Waals surface area contributed by atoms with Gasteiger partial charge in [0.1, 0.15) is 5.75 Å². The van der Waals surface area contributed by atoms with E-state index < -0.39 is 0 Å². The van der Waals surface area contributed by atoms with Crippen LogP contribution in [0.25, 0.3) is 0 Å². The molecule has 0 aliphatic heterocycles. The Balaban J connectivity index is 3.05. The number of likely N-dealkylation sites (N-methyl/N-ethyl adjacent to an activating group) is 1. The lowest BCUT2D eigenvalue weighted by Gasteiger charge is -2.04. The van der Waals surface area contributed by atoms with E-state index in [2.05, 4.69) is 5.32 Å². The van der Waals surface area contributed by atoms with Gasteiger partial charge in [0.2, 0.25) is 0 Å². The number of nitrogens with one attached hydrogen (secondary N) is 1. The summed E-state index contributed by atoms with van der Waals surface area (Å²) in [4.78, 5) is 11.4. The number of carbonyl (C=O) groups excluding carboxylic acids is 1. The van der Waals surface area contributed by atoms with Crippen molar-refractivity contribution < 1.29 is 9.90 Å². The van der Waals surface area contributed by atoms with E-state index in [1.54, 1.807) is 19.2 Å². The highest BCUT2D eigenvalue weighted by atomic mass is 35.5. The molecular weight excluding hydrogens is 190 g/mol. The normalized spacial score (nSPS) is 10.0. The monoisotopic (exact) mass is 199 g/mol. The molecule has 0 radical (unpaired) electrons. The number of halogens is 1. The zero-order valence-electron chi connectivity index (χ0n) is 7.17. The quantitative estimate of drug-likeness (QED) is 0.725. The van der Waals surface area contributed by atoms with Crippen molar-refractivity contribution in [2.75, 3.05) is 13.6 Å². The number of aromatic hydroxyl groups is 1. The first-order valence-electron chi connectivity index (χ1n) is 3.82. The lowest BCUT2D eigenvalue weighted by atomic mass is 10.1. The second-order valence-corrected chi connectivity index (χ2v) is 2.99. The Kier molecular flexibility index (Phi) is 3.28. The average Bonchev–Trinajstić information content (AvgIpc) is 2.04. The summed E-state index contributed by atoms with van der Waals surface area (Å²) >= 11 is 5.75. The van der Waals surface area contributed by atoms with Crippen LogP contribution in [0.15, 0.2) is 18.2 Å². The summed E-state index contributed by atoms with van der Waals surface area (Å²) in [6.07, 6.45) is 0. The van der Waals surface area contributed by atoms with E-state index in [-0.39, 0.29) is 28.7 Å². The minimum absolute atomic E-state index is 0.0762. The Morgan fingerprint density at radius 2 is 2.31 bits per heavy atom. The van der Waals surface area contributed by atoms with Gasteiger partial charge in [-0.2, -0.15) is 0 Å². The fourth-order valence-electron chi connectivity index (χ4n) is 1.04. The third kappa shape index (κ3) is 2.20. The van der Waals surface area contributed by atoms with Crippen LogP contribution in [0.4, 0.5) is 0 Å². The summed E-state index contributed by atoms with van der Waals surface area (Å²) in [5.74, 6) is -0.293. The standard InChI is InChI=1S/C9H10ClNO2/c1-11-5-8(13)9-6(10)3-2-4-7(9)12/h2-4,11-12H,5H2,1H3. The van der Waals surface area contributed by atoms with Crippen molar-refractivity contribution in [3.05, 3.63) is 28.8 Å². The van der Waals surface area contributed by atoms with Crippen LogP contribution in [-0.4, -0.2) is 24.5 Å². The van der Waals surface area contributed by atoms with Gasteiger partial charge in [0.05, 0.1) is 17.1 Å². The van der Waals surface area contributed by atoms with Crippen LogP contribution in [0, 0.1) is 0 Å². The molecule has 3 nitrogen and oxygen atoms in total. The Labute approximate surface area is 81.3 Å². The fourth-order valence-corrected chi connectivity index (χ4v) is 1.31. The number of phenols is 1. The van der Waals surface area contributed by atoms with Crippen molar-refractivity contribution in [2.24, 2.45) is 0 Å². The largest absolute Gasteiger partial charge is 0.507 e. The number of hydrogen-bond acceptors (Lipinski definition) is 3. The number of rotatable bonds is 3. The molecule has 0 aliphatic carbocycles. The van der Waals surface area contributed by atoms with Crippen LogP contribution in [-0.2, 0) is 0 Å². The van der Waals surface area contributed by atoms with Gasteiger partial charge in [0, 0.05) is 0 Å². The lowest BCUT2D eigenvalue weighted by molar-refractivity contribution is 0.0991. The SMILES string of the molecule is CNCC(=O)c1c(O)cccc1Cl. The van der Waals surface area contributed by atoms with Crippen molar-refractivity contribution in [2.45, 2.75) is 0 Å². The summed E-state index contributed by atoms with van der Waals surface area (Å²) in [7, 11) is 1.66. The third-order valence-corrected chi connectivity index (χ3v) is 1.92. The fraction of sp³-hybridized carbons (Fsp3) is 0.222. The molecule has 1 rings (SSSR count). The topological polar surface area (TPSA) is 49.3 Å². The molecule has 0 heterocycles. The number of phenolic OH excluding ortho intramolecular Hbond substituents is 1. The summed E-state index contributed by atoms with van der Waals surface area (Å²) in [5.41, 5.74) is 0.179. The molecule has 0 saturated heterocycles. The highest BCUT2D eigenvalue weighted by Gasteiger charge is 2.13. The van der Waals surface area contributed by atoms with Gasteiger partial charge >= 0.3 is 0 Å². The predicted octanol–water partition coefficient (Wildman–Crippen LogP) is 1.45. The Morgan fingerprint density at radius 1 is 1.62 bits per heavy atom. The van der Waals surface area contributed by atoms with Crippen LogP contribution >= 0.6 is 11.6 Å². The lowest BCUT2D eigenvalue weighted by Crippen LogP contribution is -2.18. The smallest absolute Gasteiger partial charge is 0.181 e. The summed E-state index contributed by atoms with van der Waals surface area (Å²) in [6.45, 7) is 0.164. The molecule has 13 heavy (non-hydrogen) atoms. The van der Waals surface area contributed by atoms with Crippen molar-refractivity contribution in [3.63, 3.8) is 0 Å². The van der Waals surface area contributed by atoms with E-state index in [9.17, 15) is 9.90 Å². The minimum atomic E-state index is -0.217. The summed E-state index contributed by atoms with van der Waals surface area (Å²) in [6, 6.07) is 4.60. The van der Waals surface area contributed by atoms with Gasteiger partial charge < -0.3 is 10.4 Å². The molecule has 0 aromatic heterocycles. The Bertz CT molecular complexity index is 305. The van der Waals surface area contributed by atoms with E-state index in [4.69, 9.17) is 11.6 Å². The van der Waals surface area contributed by atoms with Crippen molar-refractivity contribution in [1.29, 1.82) is 0 Å². The van der Waals surface area contributed by atoms with Crippen LogP contribution < -0.4 is 5.32 Å². The highest BCUT2D eigenvalue weighted by Crippen LogP contribution is 2.25. The zero-order chi connectivity index (χ0) is 9.84. The number of benzene rings is 1. The molecule has 0 amide bonds. The number of carbonyl (C=O) groups is 1. The van der Waals surface area contributed by atoms with E-state index in [1.807, 2.05) is 0 Å². The molecule has 1 aromatic rings. The molecule has 0 saturated carbocycles. The molecule has 0 atom stereocenters. The van der Waals surface area contributed by atoms with Crippen molar-refractivity contribution in [1.82, 2.24) is 5.32 Å². The molecule has 0 aliphatic rings. The zero-order valence-corrected chi connectivity index (χ0v) is 7.93. The maximum absolute atomic E-state index is 11.4. The van der Waals surface area contributed by atoms with Gasteiger partial charge in [-0.05, 0) is 19.2 Å². The van der Waals surface area contributed by atoms with E-state index in [0.29, 0.717) is 0 Å². The molecule has 70 valence electrons. The van der Waals surface area contributed by atoms with Crippen LogP contribution in [0.5, 0.6) is 5.75 Å². The highest BCUT2D eigenvalue weighted by molar-refractivity contribution is 6.34.